The van der Waals surface area contributed by atoms with Gasteiger partial charge in [0.25, 0.3) is 0 Å². The molecule has 0 saturated heterocycles. The molecular formula is C12H26N3O+. The summed E-state index contributed by atoms with van der Waals surface area (Å²) in [4.78, 5) is 10.8. The number of nitrogens with one attached hydrogen (secondary N) is 2. The third-order valence-corrected chi connectivity index (χ3v) is 2.20. The van der Waals surface area contributed by atoms with E-state index in [-0.39, 0.29) is 5.91 Å². The highest BCUT2D eigenvalue weighted by Gasteiger charge is 2.04. The molecule has 0 aliphatic heterocycles. The van der Waals surface area contributed by atoms with Gasteiger partial charge in [-0.25, -0.2) is 0 Å². The molecule has 0 unspecified atom stereocenters. The Labute approximate surface area is 99.3 Å². The van der Waals surface area contributed by atoms with Gasteiger partial charge in [0, 0.05) is 19.5 Å². The van der Waals surface area contributed by atoms with Crippen molar-refractivity contribution in [1.29, 1.82) is 0 Å². The topological polar surface area (TPSA) is 41.1 Å². The second kappa shape index (κ2) is 8.30. The fourth-order valence-corrected chi connectivity index (χ4v) is 1.30. The first-order valence-electron chi connectivity index (χ1n) is 5.87. The summed E-state index contributed by atoms with van der Waals surface area (Å²) in [5, 5.41) is 6.11. The Morgan fingerprint density at radius 2 is 1.81 bits per heavy atom. The minimum Gasteiger partial charge on any atom is -0.353 e. The Hall–Kier alpha value is -0.870. The van der Waals surface area contributed by atoms with Crippen LogP contribution in [0.4, 0.5) is 0 Å². The standard InChI is InChI=1S/C12H25N3O/c1-5-12(16)14-10-6-8-13-9-7-11-15(2,3)4/h5,13H,1,6-11H2,2-4H3/p+1. The van der Waals surface area contributed by atoms with Crippen molar-refractivity contribution in [3.05, 3.63) is 12.7 Å². The Morgan fingerprint density at radius 1 is 1.19 bits per heavy atom. The minimum atomic E-state index is -0.0926. The lowest BCUT2D eigenvalue weighted by Gasteiger charge is -2.23. The van der Waals surface area contributed by atoms with Crippen LogP contribution in [0.2, 0.25) is 0 Å². The van der Waals surface area contributed by atoms with Gasteiger partial charge in [0.1, 0.15) is 0 Å². The minimum absolute atomic E-state index is 0.0926. The number of hydrogen-bond donors (Lipinski definition) is 2. The van der Waals surface area contributed by atoms with Gasteiger partial charge in [-0.3, -0.25) is 4.79 Å². The van der Waals surface area contributed by atoms with Gasteiger partial charge in [-0.05, 0) is 19.0 Å². The maximum absolute atomic E-state index is 10.8. The summed E-state index contributed by atoms with van der Waals surface area (Å²) in [6.07, 6.45) is 3.45. The van der Waals surface area contributed by atoms with Crippen LogP contribution < -0.4 is 10.6 Å². The summed E-state index contributed by atoms with van der Waals surface area (Å²) in [6.45, 7) is 7.29. The molecule has 4 heteroatoms. The molecule has 1 amide bonds. The van der Waals surface area contributed by atoms with E-state index in [2.05, 4.69) is 38.4 Å². The summed E-state index contributed by atoms with van der Waals surface area (Å²) in [7, 11) is 6.60. The lowest BCUT2D eigenvalue weighted by molar-refractivity contribution is -0.870. The van der Waals surface area contributed by atoms with Crippen LogP contribution in [-0.2, 0) is 4.79 Å². The molecule has 16 heavy (non-hydrogen) atoms. The molecular weight excluding hydrogens is 202 g/mol. The van der Waals surface area contributed by atoms with E-state index >= 15 is 0 Å². The molecule has 0 aliphatic rings. The average Bonchev–Trinajstić information content (AvgIpc) is 2.20. The first-order chi connectivity index (χ1) is 7.45. The fraction of sp³-hybridized carbons (Fsp3) is 0.750. The molecule has 0 aliphatic carbocycles. The van der Waals surface area contributed by atoms with Crippen molar-refractivity contribution in [2.24, 2.45) is 0 Å². The fourth-order valence-electron chi connectivity index (χ4n) is 1.30. The summed E-state index contributed by atoms with van der Waals surface area (Å²) >= 11 is 0. The molecule has 2 N–H and O–H groups in total. The third kappa shape index (κ3) is 11.2. The molecule has 0 heterocycles. The van der Waals surface area contributed by atoms with E-state index in [0.717, 1.165) is 24.0 Å². The predicted octanol–water partition coefficient (Wildman–Crippen LogP) is 0.365. The molecule has 0 bridgehead atoms. The quantitative estimate of drug-likeness (QED) is 0.340. The zero-order valence-corrected chi connectivity index (χ0v) is 10.9. The van der Waals surface area contributed by atoms with Crippen molar-refractivity contribution in [1.82, 2.24) is 10.6 Å². The van der Waals surface area contributed by atoms with E-state index in [1.165, 1.54) is 19.0 Å². The number of quaternary nitrogens is 1. The maximum Gasteiger partial charge on any atom is 0.243 e. The van der Waals surface area contributed by atoms with Gasteiger partial charge in [-0.1, -0.05) is 6.58 Å². The number of hydrogen-bond acceptors (Lipinski definition) is 2. The first-order valence-corrected chi connectivity index (χ1v) is 5.87. The van der Waals surface area contributed by atoms with Crippen LogP contribution in [0.1, 0.15) is 12.8 Å². The monoisotopic (exact) mass is 228 g/mol. The summed E-state index contributed by atoms with van der Waals surface area (Å²) in [6, 6.07) is 0. The third-order valence-electron chi connectivity index (χ3n) is 2.20. The first kappa shape index (κ1) is 15.1. The average molecular weight is 228 g/mol. The smallest absolute Gasteiger partial charge is 0.243 e. The van der Waals surface area contributed by atoms with Crippen LogP contribution >= 0.6 is 0 Å². The van der Waals surface area contributed by atoms with Crippen LogP contribution in [0, 0.1) is 0 Å². The van der Waals surface area contributed by atoms with Crippen molar-refractivity contribution < 1.29 is 9.28 Å². The molecule has 0 aromatic heterocycles. The van der Waals surface area contributed by atoms with Gasteiger partial charge in [0.05, 0.1) is 27.7 Å². The van der Waals surface area contributed by atoms with Crippen LogP contribution in [0.5, 0.6) is 0 Å². The van der Waals surface area contributed by atoms with Crippen LogP contribution in [0.15, 0.2) is 12.7 Å². The number of rotatable bonds is 9. The lowest BCUT2D eigenvalue weighted by atomic mass is 10.3. The number of nitrogens with zero attached hydrogens (tertiary/aromatic N) is 1. The molecule has 0 radical (unpaired) electrons. The zero-order chi connectivity index (χ0) is 12.4. The van der Waals surface area contributed by atoms with Crippen molar-refractivity contribution in [2.45, 2.75) is 12.8 Å². The highest BCUT2D eigenvalue weighted by Crippen LogP contribution is 1.91. The number of carbonyl (C=O) groups excluding carboxylic acids is 1. The predicted molar refractivity (Wildman–Crippen MR) is 68.2 cm³/mol. The van der Waals surface area contributed by atoms with Crippen molar-refractivity contribution in [3.63, 3.8) is 0 Å². The lowest BCUT2D eigenvalue weighted by Crippen LogP contribution is -2.37. The van der Waals surface area contributed by atoms with E-state index in [1.807, 2.05) is 0 Å². The van der Waals surface area contributed by atoms with Gasteiger partial charge < -0.3 is 15.1 Å². The molecule has 0 aromatic rings. The Kier molecular flexibility index (Phi) is 7.85. The SMILES string of the molecule is C=CC(=O)NCCCNCCC[N+](C)(C)C. The Balaban J connectivity index is 3.16. The van der Waals surface area contributed by atoms with Crippen molar-refractivity contribution in [2.75, 3.05) is 47.3 Å². The highest BCUT2D eigenvalue weighted by molar-refractivity contribution is 5.86. The van der Waals surface area contributed by atoms with Gasteiger partial charge in [0.15, 0.2) is 0 Å². The van der Waals surface area contributed by atoms with Gasteiger partial charge in [-0.15, -0.1) is 0 Å². The van der Waals surface area contributed by atoms with E-state index in [1.54, 1.807) is 0 Å². The van der Waals surface area contributed by atoms with E-state index in [0.29, 0.717) is 6.54 Å². The van der Waals surface area contributed by atoms with Crippen molar-refractivity contribution >= 4 is 5.91 Å². The summed E-state index contributed by atoms with van der Waals surface area (Å²) in [5.41, 5.74) is 0. The van der Waals surface area contributed by atoms with Crippen LogP contribution in [0.3, 0.4) is 0 Å². The number of amides is 1. The van der Waals surface area contributed by atoms with Gasteiger partial charge >= 0.3 is 0 Å². The van der Waals surface area contributed by atoms with E-state index < -0.39 is 0 Å². The maximum atomic E-state index is 10.8. The van der Waals surface area contributed by atoms with E-state index in [9.17, 15) is 4.79 Å². The summed E-state index contributed by atoms with van der Waals surface area (Å²) < 4.78 is 1.01. The van der Waals surface area contributed by atoms with Crippen LogP contribution in [-0.4, -0.2) is 57.7 Å². The second-order valence-electron chi connectivity index (χ2n) is 4.97. The van der Waals surface area contributed by atoms with Crippen LogP contribution in [0.25, 0.3) is 0 Å². The molecule has 4 nitrogen and oxygen atoms in total. The molecule has 0 saturated carbocycles. The van der Waals surface area contributed by atoms with Gasteiger partial charge in [0.2, 0.25) is 5.91 Å². The summed E-state index contributed by atoms with van der Waals surface area (Å²) in [5.74, 6) is -0.0926. The largest absolute Gasteiger partial charge is 0.353 e. The molecule has 0 fully saturated rings. The van der Waals surface area contributed by atoms with E-state index in [4.69, 9.17) is 0 Å². The molecule has 0 rings (SSSR count). The molecule has 94 valence electrons. The highest BCUT2D eigenvalue weighted by atomic mass is 16.1. The second-order valence-corrected chi connectivity index (χ2v) is 4.97. The normalized spacial score (nSPS) is 11.2. The van der Waals surface area contributed by atoms with Gasteiger partial charge in [-0.2, -0.15) is 0 Å². The molecule has 0 atom stereocenters. The zero-order valence-electron chi connectivity index (χ0n) is 10.9. The van der Waals surface area contributed by atoms with Crippen molar-refractivity contribution in [3.8, 4) is 0 Å². The molecule has 0 aromatic carbocycles. The molecule has 0 spiro atoms. The Morgan fingerprint density at radius 3 is 2.38 bits per heavy atom. The Bertz CT molecular complexity index is 209. The number of carbonyl (C=O) groups is 1.